The summed E-state index contributed by atoms with van der Waals surface area (Å²) >= 11 is 0. The Balaban J connectivity index is 1.69. The Morgan fingerprint density at radius 3 is 2.66 bits per heavy atom. The maximum Gasteiger partial charge on any atom is 0.291 e. The fourth-order valence-electron chi connectivity index (χ4n) is 3.62. The summed E-state index contributed by atoms with van der Waals surface area (Å²) < 4.78 is 5.31. The molecule has 1 atom stereocenters. The van der Waals surface area contributed by atoms with Crippen molar-refractivity contribution in [3.63, 3.8) is 0 Å². The number of rotatable bonds is 7. The Bertz CT molecular complexity index is 868. The second-order valence-electron chi connectivity index (χ2n) is 7.80. The minimum Gasteiger partial charge on any atom is -0.380 e. The van der Waals surface area contributed by atoms with Crippen LogP contribution in [0.15, 0.2) is 24.3 Å². The average molecular weight is 398 g/mol. The zero-order chi connectivity index (χ0) is 21.0. The van der Waals surface area contributed by atoms with Gasteiger partial charge in [0.15, 0.2) is 0 Å². The lowest BCUT2D eigenvalue weighted by molar-refractivity contribution is 0.0815. The normalized spacial score (nSPS) is 16.3. The summed E-state index contributed by atoms with van der Waals surface area (Å²) in [5, 5.41) is 3.67. The van der Waals surface area contributed by atoms with E-state index in [1.54, 1.807) is 21.2 Å². The highest BCUT2D eigenvalue weighted by Crippen LogP contribution is 2.24. The number of carbonyl (C=O) groups excluding carboxylic acids is 1. The molecule has 1 fully saturated rings. The number of nitrogens with one attached hydrogen (secondary N) is 1. The van der Waals surface area contributed by atoms with E-state index in [4.69, 9.17) is 4.74 Å². The summed E-state index contributed by atoms with van der Waals surface area (Å²) in [6, 6.07) is 8.73. The molecule has 2 heterocycles. The van der Waals surface area contributed by atoms with Crippen molar-refractivity contribution in [3.05, 3.63) is 52.5 Å². The van der Waals surface area contributed by atoms with E-state index >= 15 is 0 Å². The molecule has 0 radical (unpaired) electrons. The van der Waals surface area contributed by atoms with Gasteiger partial charge in [-0.25, -0.2) is 9.97 Å². The molecule has 0 aliphatic carbocycles. The highest BCUT2D eigenvalue weighted by molar-refractivity contribution is 5.90. The molecule has 2 aromatic rings. The third-order valence-corrected chi connectivity index (χ3v) is 5.45. The van der Waals surface area contributed by atoms with Crippen LogP contribution in [-0.2, 0) is 17.9 Å². The van der Waals surface area contributed by atoms with Gasteiger partial charge in [-0.3, -0.25) is 4.79 Å². The molecule has 1 aromatic heterocycles. The molecule has 1 amide bonds. The molecular formula is C22H31N5O2. The first kappa shape index (κ1) is 21.2. The molecule has 1 N–H and O–H groups in total. The highest BCUT2D eigenvalue weighted by atomic mass is 16.5. The number of amides is 1. The summed E-state index contributed by atoms with van der Waals surface area (Å²) in [4.78, 5) is 25.1. The molecule has 0 saturated carbocycles. The summed E-state index contributed by atoms with van der Waals surface area (Å²) in [7, 11) is 5.16. The molecule has 3 rings (SSSR count). The quantitative estimate of drug-likeness (QED) is 0.773. The molecule has 0 spiro atoms. The lowest BCUT2D eigenvalue weighted by Gasteiger charge is -2.22. The van der Waals surface area contributed by atoms with E-state index in [9.17, 15) is 4.79 Å². The SMILES string of the molecule is COCc1ccccc1CN[C@@H]1CCN(c2nc(C(=O)N(C)C)nc(C)c2C)C1. The van der Waals surface area contributed by atoms with E-state index in [1.165, 1.54) is 16.0 Å². The molecule has 1 aliphatic rings. The van der Waals surface area contributed by atoms with Crippen molar-refractivity contribution in [2.45, 2.75) is 39.5 Å². The van der Waals surface area contributed by atoms with Crippen molar-refractivity contribution in [3.8, 4) is 0 Å². The minimum atomic E-state index is -0.169. The van der Waals surface area contributed by atoms with Gasteiger partial charge in [-0.15, -0.1) is 0 Å². The third-order valence-electron chi connectivity index (χ3n) is 5.45. The minimum absolute atomic E-state index is 0.169. The molecule has 29 heavy (non-hydrogen) atoms. The van der Waals surface area contributed by atoms with Gasteiger partial charge in [0.1, 0.15) is 5.82 Å². The second-order valence-corrected chi connectivity index (χ2v) is 7.80. The van der Waals surface area contributed by atoms with Crippen LogP contribution in [0.25, 0.3) is 0 Å². The number of aromatic nitrogens is 2. The first-order chi connectivity index (χ1) is 13.9. The van der Waals surface area contributed by atoms with Gasteiger partial charge in [0.05, 0.1) is 6.61 Å². The molecule has 1 aliphatic heterocycles. The standard InChI is InChI=1S/C22H31N5O2/c1-15-16(2)24-20(22(28)26(3)4)25-21(15)27-11-10-19(13-27)23-12-17-8-6-7-9-18(17)14-29-5/h6-9,19,23H,10-14H2,1-5H3/t19-/m1/s1. The third kappa shape index (κ3) is 4.92. The second kappa shape index (κ2) is 9.33. The number of ether oxygens (including phenoxy) is 1. The Labute approximate surface area is 173 Å². The van der Waals surface area contributed by atoms with E-state index in [1.807, 2.05) is 19.9 Å². The van der Waals surface area contributed by atoms with Gasteiger partial charge in [-0.05, 0) is 31.4 Å². The smallest absolute Gasteiger partial charge is 0.291 e. The number of anilines is 1. The molecule has 0 bridgehead atoms. The van der Waals surface area contributed by atoms with Crippen LogP contribution in [0.3, 0.4) is 0 Å². The van der Waals surface area contributed by atoms with E-state index in [0.717, 1.165) is 43.1 Å². The summed E-state index contributed by atoms with van der Waals surface area (Å²) in [6.45, 7) is 7.16. The summed E-state index contributed by atoms with van der Waals surface area (Å²) in [5.74, 6) is 0.961. The van der Waals surface area contributed by atoms with Crippen molar-refractivity contribution < 1.29 is 9.53 Å². The monoisotopic (exact) mass is 397 g/mol. The lowest BCUT2D eigenvalue weighted by Crippen LogP contribution is -2.33. The lowest BCUT2D eigenvalue weighted by atomic mass is 10.1. The highest BCUT2D eigenvalue weighted by Gasteiger charge is 2.26. The number of hydrogen-bond donors (Lipinski definition) is 1. The number of aryl methyl sites for hydroxylation is 1. The van der Waals surface area contributed by atoms with Crippen molar-refractivity contribution in [2.24, 2.45) is 0 Å². The number of benzene rings is 1. The average Bonchev–Trinajstić information content (AvgIpc) is 3.17. The van der Waals surface area contributed by atoms with Crippen molar-refractivity contribution in [1.29, 1.82) is 0 Å². The fraction of sp³-hybridized carbons (Fsp3) is 0.500. The molecule has 1 saturated heterocycles. The largest absolute Gasteiger partial charge is 0.380 e. The maximum absolute atomic E-state index is 12.3. The maximum atomic E-state index is 12.3. The van der Waals surface area contributed by atoms with Crippen LogP contribution >= 0.6 is 0 Å². The van der Waals surface area contributed by atoms with Crippen LogP contribution in [0, 0.1) is 13.8 Å². The topological polar surface area (TPSA) is 70.6 Å². The summed E-state index contributed by atoms with van der Waals surface area (Å²) in [6.07, 6.45) is 1.03. The van der Waals surface area contributed by atoms with E-state index in [0.29, 0.717) is 12.6 Å². The molecule has 0 unspecified atom stereocenters. The van der Waals surface area contributed by atoms with Gasteiger partial charge in [0.2, 0.25) is 5.82 Å². The van der Waals surface area contributed by atoms with Gasteiger partial charge in [-0.1, -0.05) is 24.3 Å². The van der Waals surface area contributed by atoms with Crippen LogP contribution in [0.5, 0.6) is 0 Å². The zero-order valence-corrected chi connectivity index (χ0v) is 18.0. The van der Waals surface area contributed by atoms with Crippen LogP contribution in [-0.4, -0.2) is 61.1 Å². The van der Waals surface area contributed by atoms with Gasteiger partial charge in [0, 0.05) is 58.1 Å². The first-order valence-corrected chi connectivity index (χ1v) is 10.0. The van der Waals surface area contributed by atoms with E-state index in [2.05, 4.69) is 38.4 Å². The van der Waals surface area contributed by atoms with Gasteiger partial charge in [-0.2, -0.15) is 0 Å². The first-order valence-electron chi connectivity index (χ1n) is 10.0. The number of methoxy groups -OCH3 is 1. The van der Waals surface area contributed by atoms with Gasteiger partial charge < -0.3 is 19.9 Å². The predicted molar refractivity (Wildman–Crippen MR) is 114 cm³/mol. The van der Waals surface area contributed by atoms with Crippen molar-refractivity contribution in [1.82, 2.24) is 20.2 Å². The van der Waals surface area contributed by atoms with E-state index in [-0.39, 0.29) is 11.7 Å². The zero-order valence-electron chi connectivity index (χ0n) is 18.0. The number of nitrogens with zero attached hydrogens (tertiary/aromatic N) is 4. The van der Waals surface area contributed by atoms with Crippen LogP contribution in [0.2, 0.25) is 0 Å². The number of carbonyl (C=O) groups is 1. The van der Waals surface area contributed by atoms with Gasteiger partial charge in [0.25, 0.3) is 5.91 Å². The van der Waals surface area contributed by atoms with Crippen LogP contribution in [0.1, 0.15) is 39.4 Å². The molecule has 7 heteroatoms. The Morgan fingerprint density at radius 1 is 1.24 bits per heavy atom. The van der Waals surface area contributed by atoms with Crippen LogP contribution < -0.4 is 10.2 Å². The molecule has 1 aromatic carbocycles. The Morgan fingerprint density at radius 2 is 1.97 bits per heavy atom. The van der Waals surface area contributed by atoms with Crippen LogP contribution in [0.4, 0.5) is 5.82 Å². The van der Waals surface area contributed by atoms with E-state index < -0.39 is 0 Å². The van der Waals surface area contributed by atoms with Crippen molar-refractivity contribution in [2.75, 3.05) is 39.2 Å². The molecule has 7 nitrogen and oxygen atoms in total. The predicted octanol–water partition coefficient (Wildman–Crippen LogP) is 2.31. The van der Waals surface area contributed by atoms with Gasteiger partial charge >= 0.3 is 0 Å². The number of hydrogen-bond acceptors (Lipinski definition) is 6. The summed E-state index contributed by atoms with van der Waals surface area (Å²) in [5.41, 5.74) is 4.36. The fourth-order valence-corrected chi connectivity index (χ4v) is 3.62. The van der Waals surface area contributed by atoms with Crippen molar-refractivity contribution >= 4 is 11.7 Å². The Kier molecular flexibility index (Phi) is 6.82. The molecule has 156 valence electrons. The Hall–Kier alpha value is -2.51. The molecular weight excluding hydrogens is 366 g/mol.